The molecule has 1 atom stereocenters. The van der Waals surface area contributed by atoms with Gasteiger partial charge < -0.3 is 19.5 Å². The Morgan fingerprint density at radius 2 is 1.85 bits per heavy atom. The number of carbonyl (C=O) groups is 1. The fourth-order valence-electron chi connectivity index (χ4n) is 3.56. The lowest BCUT2D eigenvalue weighted by Crippen LogP contribution is -2.26. The third-order valence-electron chi connectivity index (χ3n) is 4.85. The number of rotatable bonds is 6. The molecule has 2 heterocycles. The van der Waals surface area contributed by atoms with Gasteiger partial charge in [-0.2, -0.15) is 13.2 Å². The Kier molecular flexibility index (Phi) is 7.19. The van der Waals surface area contributed by atoms with E-state index in [1.165, 1.54) is 24.4 Å². The van der Waals surface area contributed by atoms with Gasteiger partial charge in [-0.15, -0.1) is 0 Å². The maximum Gasteiger partial charge on any atom is 0.513 e. The molecule has 178 valence electrons. The summed E-state index contributed by atoms with van der Waals surface area (Å²) in [6.07, 6.45) is -4.39. The Hall–Kier alpha value is -3.23. The summed E-state index contributed by atoms with van der Waals surface area (Å²) in [4.78, 5) is 16.7. The summed E-state index contributed by atoms with van der Waals surface area (Å²) in [6.45, 7) is 9.04. The third kappa shape index (κ3) is 5.58. The number of alkyl halides is 3. The van der Waals surface area contributed by atoms with Gasteiger partial charge >= 0.3 is 12.3 Å². The first-order valence-electron chi connectivity index (χ1n) is 10.6. The summed E-state index contributed by atoms with van der Waals surface area (Å²) in [5.74, 6) is -0.890. The number of allylic oxidation sites excluding steroid dienone is 2. The van der Waals surface area contributed by atoms with E-state index in [2.05, 4.69) is 10.3 Å². The number of anilines is 1. The van der Waals surface area contributed by atoms with E-state index in [9.17, 15) is 18.0 Å². The molecular weight excluding hydrogens is 437 g/mol. The molecule has 0 amide bonds. The molecule has 1 unspecified atom stereocenters. The Balaban J connectivity index is 2.20. The molecule has 2 aromatic rings. The average molecular weight is 464 g/mol. The topological polar surface area (TPSA) is 69.7 Å². The highest BCUT2D eigenvalue weighted by Gasteiger charge is 2.41. The van der Waals surface area contributed by atoms with Gasteiger partial charge in [0.2, 0.25) is 5.88 Å². The molecule has 1 aromatic heterocycles. The van der Waals surface area contributed by atoms with Crippen LogP contribution >= 0.6 is 0 Å². The highest BCUT2D eigenvalue weighted by atomic mass is 19.4. The summed E-state index contributed by atoms with van der Waals surface area (Å²) in [7, 11) is 0. The SMILES string of the molecule is CC1=C(OC(=O)OCC(C)C)C(c2ccccc2C(F)(F)F)c2c(ccnc2OC(C)C)N1. The number of nitrogens with one attached hydrogen (secondary N) is 1. The molecule has 3 rings (SSSR count). The molecule has 0 bridgehead atoms. The molecule has 1 aliphatic rings. The second-order valence-electron chi connectivity index (χ2n) is 8.43. The van der Waals surface area contributed by atoms with Crippen LogP contribution < -0.4 is 10.1 Å². The van der Waals surface area contributed by atoms with Gasteiger partial charge in [0, 0.05) is 11.9 Å². The molecular formula is C24H27F3N2O4. The number of ether oxygens (including phenoxy) is 3. The number of fused-ring (bicyclic) bond motifs is 1. The molecule has 6 nitrogen and oxygen atoms in total. The van der Waals surface area contributed by atoms with E-state index in [0.717, 1.165) is 6.07 Å². The zero-order valence-corrected chi connectivity index (χ0v) is 19.1. The van der Waals surface area contributed by atoms with Crippen LogP contribution in [0.1, 0.15) is 57.2 Å². The zero-order chi connectivity index (χ0) is 24.3. The van der Waals surface area contributed by atoms with Crippen LogP contribution in [0.15, 0.2) is 48.0 Å². The van der Waals surface area contributed by atoms with Crippen LogP contribution in [-0.4, -0.2) is 23.9 Å². The Bertz CT molecular complexity index is 1050. The smallest absolute Gasteiger partial charge is 0.475 e. The second kappa shape index (κ2) is 9.72. The lowest BCUT2D eigenvalue weighted by atomic mass is 9.83. The fourth-order valence-corrected chi connectivity index (χ4v) is 3.56. The minimum atomic E-state index is -4.62. The van der Waals surface area contributed by atoms with Crippen molar-refractivity contribution in [1.82, 2.24) is 4.98 Å². The maximum atomic E-state index is 14.0. The van der Waals surface area contributed by atoms with Gasteiger partial charge in [0.25, 0.3) is 0 Å². The van der Waals surface area contributed by atoms with Gasteiger partial charge in [0.1, 0.15) is 5.76 Å². The molecule has 0 saturated carbocycles. The van der Waals surface area contributed by atoms with Crippen LogP contribution in [0.3, 0.4) is 0 Å². The summed E-state index contributed by atoms with van der Waals surface area (Å²) < 4.78 is 58.4. The van der Waals surface area contributed by atoms with Crippen molar-refractivity contribution in [2.75, 3.05) is 11.9 Å². The summed E-state index contributed by atoms with van der Waals surface area (Å²) in [5.41, 5.74) is 0.322. The largest absolute Gasteiger partial charge is 0.513 e. The summed E-state index contributed by atoms with van der Waals surface area (Å²) in [6, 6.07) is 6.83. The van der Waals surface area contributed by atoms with Crippen LogP contribution in [0.4, 0.5) is 23.7 Å². The lowest BCUT2D eigenvalue weighted by Gasteiger charge is -2.32. The van der Waals surface area contributed by atoms with Crippen molar-refractivity contribution >= 4 is 11.8 Å². The first-order valence-corrected chi connectivity index (χ1v) is 10.6. The van der Waals surface area contributed by atoms with E-state index < -0.39 is 23.8 Å². The van der Waals surface area contributed by atoms with E-state index >= 15 is 0 Å². The number of aromatic nitrogens is 1. The van der Waals surface area contributed by atoms with Crippen molar-refractivity contribution in [3.05, 3.63) is 64.7 Å². The van der Waals surface area contributed by atoms with Crippen LogP contribution in [-0.2, 0) is 15.7 Å². The highest BCUT2D eigenvalue weighted by Crippen LogP contribution is 2.49. The van der Waals surface area contributed by atoms with Crippen LogP contribution in [0.25, 0.3) is 0 Å². The minimum Gasteiger partial charge on any atom is -0.475 e. The van der Waals surface area contributed by atoms with E-state index in [1.54, 1.807) is 26.8 Å². The molecule has 0 fully saturated rings. The number of carbonyl (C=O) groups excluding carboxylic acids is 1. The number of halogens is 3. The predicted molar refractivity (Wildman–Crippen MR) is 117 cm³/mol. The van der Waals surface area contributed by atoms with Crippen LogP contribution in [0, 0.1) is 5.92 Å². The number of hydrogen-bond donors (Lipinski definition) is 1. The van der Waals surface area contributed by atoms with E-state index in [1.807, 2.05) is 13.8 Å². The van der Waals surface area contributed by atoms with E-state index in [0.29, 0.717) is 16.9 Å². The minimum absolute atomic E-state index is 0.00503. The quantitative estimate of drug-likeness (QED) is 0.493. The average Bonchev–Trinajstić information content (AvgIpc) is 2.72. The van der Waals surface area contributed by atoms with Gasteiger partial charge in [0.15, 0.2) is 0 Å². The molecule has 33 heavy (non-hydrogen) atoms. The molecule has 0 saturated heterocycles. The fraction of sp³-hybridized carbons (Fsp3) is 0.417. The van der Waals surface area contributed by atoms with Gasteiger partial charge in [-0.1, -0.05) is 32.0 Å². The van der Waals surface area contributed by atoms with Crippen molar-refractivity contribution in [2.45, 2.75) is 52.8 Å². The molecule has 0 radical (unpaired) electrons. The van der Waals surface area contributed by atoms with Gasteiger partial charge in [0.05, 0.1) is 35.5 Å². The van der Waals surface area contributed by atoms with Gasteiger partial charge in [-0.25, -0.2) is 9.78 Å². The monoisotopic (exact) mass is 464 g/mol. The van der Waals surface area contributed by atoms with Crippen LogP contribution in [0.5, 0.6) is 5.88 Å². The third-order valence-corrected chi connectivity index (χ3v) is 4.85. The van der Waals surface area contributed by atoms with E-state index in [-0.39, 0.29) is 35.8 Å². The molecule has 1 aliphatic heterocycles. The van der Waals surface area contributed by atoms with Crippen molar-refractivity contribution in [3.63, 3.8) is 0 Å². The number of hydrogen-bond acceptors (Lipinski definition) is 6. The zero-order valence-electron chi connectivity index (χ0n) is 19.1. The standard InChI is InChI=1S/C24H27F3N2O4/c1-13(2)12-31-23(30)33-21-15(5)29-18-10-11-28-22(32-14(3)4)20(18)19(21)16-8-6-7-9-17(16)24(25,26)27/h6-11,13-14,19,29H,12H2,1-5H3. The van der Waals surface area contributed by atoms with Crippen molar-refractivity contribution in [3.8, 4) is 5.88 Å². The van der Waals surface area contributed by atoms with Crippen molar-refractivity contribution in [1.29, 1.82) is 0 Å². The maximum absolute atomic E-state index is 14.0. The van der Waals surface area contributed by atoms with E-state index in [4.69, 9.17) is 14.2 Å². The normalized spacial score (nSPS) is 15.9. The van der Waals surface area contributed by atoms with Crippen LogP contribution in [0.2, 0.25) is 0 Å². The number of benzene rings is 1. The first kappa shape index (κ1) is 24.4. The molecule has 1 N–H and O–H groups in total. The van der Waals surface area contributed by atoms with Gasteiger partial charge in [-0.3, -0.25) is 0 Å². The van der Waals surface area contributed by atoms with Crippen molar-refractivity contribution in [2.24, 2.45) is 5.92 Å². The predicted octanol–water partition coefficient (Wildman–Crippen LogP) is 6.49. The summed E-state index contributed by atoms with van der Waals surface area (Å²) >= 11 is 0. The Morgan fingerprint density at radius 1 is 1.15 bits per heavy atom. The molecule has 0 spiro atoms. The lowest BCUT2D eigenvalue weighted by molar-refractivity contribution is -0.138. The Labute approximate surface area is 190 Å². The van der Waals surface area contributed by atoms with Gasteiger partial charge in [-0.05, 0) is 44.4 Å². The first-order chi connectivity index (χ1) is 15.5. The second-order valence-corrected chi connectivity index (χ2v) is 8.43. The molecule has 0 aliphatic carbocycles. The summed E-state index contributed by atoms with van der Waals surface area (Å²) in [5, 5.41) is 3.10. The number of pyridine rings is 1. The Morgan fingerprint density at radius 3 is 2.48 bits per heavy atom. The van der Waals surface area contributed by atoms with Crippen molar-refractivity contribution < 1.29 is 32.2 Å². The highest BCUT2D eigenvalue weighted by molar-refractivity contribution is 5.70. The molecule has 9 heteroatoms. The number of nitrogens with zero attached hydrogens (tertiary/aromatic N) is 1. The molecule has 1 aromatic carbocycles.